The number of hydrogen-bond donors (Lipinski definition) is 1. The van der Waals surface area contributed by atoms with E-state index >= 15 is 0 Å². The molecule has 0 bridgehead atoms. The number of carboxylic acids is 1. The van der Waals surface area contributed by atoms with Gasteiger partial charge >= 0.3 is 5.97 Å². The van der Waals surface area contributed by atoms with Crippen LogP contribution in [0.2, 0.25) is 0 Å². The molecule has 0 aliphatic heterocycles. The molecular formula is C18H12N2O5. The van der Waals surface area contributed by atoms with E-state index in [4.69, 9.17) is 9.52 Å². The minimum atomic E-state index is -0.991. The predicted molar refractivity (Wildman–Crippen MR) is 91.5 cm³/mol. The van der Waals surface area contributed by atoms with Crippen molar-refractivity contribution in [3.63, 3.8) is 0 Å². The highest BCUT2D eigenvalue weighted by atomic mass is 16.6. The third-order valence-electron chi connectivity index (χ3n) is 3.44. The Morgan fingerprint density at radius 1 is 1.04 bits per heavy atom. The molecule has 7 nitrogen and oxygen atoms in total. The summed E-state index contributed by atoms with van der Waals surface area (Å²) in [6, 6.07) is 15.7. The number of hydrogen-bond acceptors (Lipinski definition) is 5. The van der Waals surface area contributed by atoms with Crippen LogP contribution in [0, 0.1) is 10.1 Å². The largest absolute Gasteiger partial charge is 0.478 e. The molecular weight excluding hydrogens is 324 g/mol. The number of carboxylic acid groups (broad SMARTS) is 1. The van der Waals surface area contributed by atoms with E-state index in [2.05, 4.69) is 4.99 Å². The zero-order valence-electron chi connectivity index (χ0n) is 12.8. The Morgan fingerprint density at radius 2 is 1.72 bits per heavy atom. The molecule has 124 valence electrons. The lowest BCUT2D eigenvalue weighted by Crippen LogP contribution is -1.94. The van der Waals surface area contributed by atoms with Gasteiger partial charge in [0.05, 0.1) is 22.4 Å². The first-order valence-corrected chi connectivity index (χ1v) is 7.25. The van der Waals surface area contributed by atoms with Gasteiger partial charge < -0.3 is 9.52 Å². The molecule has 0 saturated carbocycles. The Morgan fingerprint density at radius 3 is 2.32 bits per heavy atom. The summed E-state index contributed by atoms with van der Waals surface area (Å²) >= 11 is 0. The van der Waals surface area contributed by atoms with Gasteiger partial charge in [-0.25, -0.2) is 4.79 Å². The number of aromatic carboxylic acids is 1. The molecule has 0 unspecified atom stereocenters. The molecule has 7 heteroatoms. The van der Waals surface area contributed by atoms with Crippen LogP contribution in [0.25, 0.3) is 11.3 Å². The van der Waals surface area contributed by atoms with Crippen LogP contribution in [0.4, 0.5) is 11.4 Å². The van der Waals surface area contributed by atoms with Crippen molar-refractivity contribution < 1.29 is 19.2 Å². The first-order valence-electron chi connectivity index (χ1n) is 7.25. The summed E-state index contributed by atoms with van der Waals surface area (Å²) in [4.78, 5) is 25.2. The third-order valence-corrected chi connectivity index (χ3v) is 3.44. The molecule has 0 fully saturated rings. The van der Waals surface area contributed by atoms with Crippen LogP contribution in [0.5, 0.6) is 0 Å². The Kier molecular flexibility index (Phi) is 4.38. The summed E-state index contributed by atoms with van der Waals surface area (Å²) in [5.74, 6) is 0.0857. The van der Waals surface area contributed by atoms with Gasteiger partial charge in [0.15, 0.2) is 0 Å². The second-order valence-corrected chi connectivity index (χ2v) is 5.12. The fourth-order valence-corrected chi connectivity index (χ4v) is 2.15. The first kappa shape index (κ1) is 16.1. The van der Waals surface area contributed by atoms with Gasteiger partial charge in [-0.1, -0.05) is 0 Å². The maximum atomic E-state index is 10.8. The smallest absolute Gasteiger partial charge is 0.335 e. The van der Waals surface area contributed by atoms with Crippen LogP contribution in [-0.4, -0.2) is 22.2 Å². The zero-order chi connectivity index (χ0) is 17.8. The molecule has 0 saturated heterocycles. The molecule has 0 amide bonds. The number of carbonyl (C=O) groups is 1. The van der Waals surface area contributed by atoms with Crippen LogP contribution < -0.4 is 0 Å². The van der Waals surface area contributed by atoms with Crippen LogP contribution in [0.3, 0.4) is 0 Å². The summed E-state index contributed by atoms with van der Waals surface area (Å²) in [6.07, 6.45) is 1.52. The average molecular weight is 336 g/mol. The van der Waals surface area contributed by atoms with Gasteiger partial charge in [0.25, 0.3) is 5.69 Å². The van der Waals surface area contributed by atoms with Crippen molar-refractivity contribution >= 4 is 23.6 Å². The fraction of sp³-hybridized carbons (Fsp3) is 0. The van der Waals surface area contributed by atoms with Gasteiger partial charge in [-0.15, -0.1) is 0 Å². The van der Waals surface area contributed by atoms with E-state index in [1.807, 2.05) is 0 Å². The molecule has 2 aromatic carbocycles. The maximum absolute atomic E-state index is 10.8. The molecule has 3 aromatic rings. The van der Waals surface area contributed by atoms with Gasteiger partial charge in [0.1, 0.15) is 11.5 Å². The molecule has 1 heterocycles. The average Bonchev–Trinajstić information content (AvgIpc) is 3.09. The van der Waals surface area contributed by atoms with Gasteiger partial charge in [-0.2, -0.15) is 0 Å². The van der Waals surface area contributed by atoms with Crippen molar-refractivity contribution in [2.75, 3.05) is 0 Å². The number of furan rings is 1. The van der Waals surface area contributed by atoms with Gasteiger partial charge in [-0.3, -0.25) is 15.1 Å². The summed E-state index contributed by atoms with van der Waals surface area (Å²) in [7, 11) is 0. The van der Waals surface area contributed by atoms with Crippen molar-refractivity contribution in [1.82, 2.24) is 0 Å². The van der Waals surface area contributed by atoms with Crippen LogP contribution in [-0.2, 0) is 0 Å². The van der Waals surface area contributed by atoms with Crippen LogP contribution in [0.15, 0.2) is 70.1 Å². The molecule has 0 radical (unpaired) electrons. The number of rotatable bonds is 5. The fourth-order valence-electron chi connectivity index (χ4n) is 2.15. The van der Waals surface area contributed by atoms with E-state index in [0.717, 1.165) is 5.56 Å². The minimum absolute atomic E-state index is 0.0156. The van der Waals surface area contributed by atoms with Crippen LogP contribution in [0.1, 0.15) is 16.1 Å². The highest BCUT2D eigenvalue weighted by Crippen LogP contribution is 2.24. The lowest BCUT2D eigenvalue weighted by molar-refractivity contribution is -0.384. The van der Waals surface area contributed by atoms with Crippen molar-refractivity contribution in [3.05, 3.63) is 82.1 Å². The highest BCUT2D eigenvalue weighted by molar-refractivity contribution is 5.88. The Balaban J connectivity index is 1.74. The van der Waals surface area contributed by atoms with E-state index in [1.165, 1.54) is 30.5 Å². The SMILES string of the molecule is O=C(O)c1ccc(N=Cc2ccc(-c3ccc([N+](=O)[O-])cc3)o2)cc1. The predicted octanol–water partition coefficient (Wildman–Crippen LogP) is 4.30. The third kappa shape index (κ3) is 3.78. The summed E-state index contributed by atoms with van der Waals surface area (Å²) in [6.45, 7) is 0. The van der Waals surface area contributed by atoms with E-state index < -0.39 is 10.9 Å². The Bertz CT molecular complexity index is 940. The van der Waals surface area contributed by atoms with Crippen molar-refractivity contribution in [2.45, 2.75) is 0 Å². The molecule has 0 aliphatic rings. The molecule has 0 spiro atoms. The van der Waals surface area contributed by atoms with Gasteiger partial charge in [0.2, 0.25) is 0 Å². The standard InChI is InChI=1S/C18H12N2O5/c21-18(22)13-1-5-14(6-2-13)19-11-16-9-10-17(25-16)12-3-7-15(8-4-12)20(23)24/h1-11H,(H,21,22). The Hall–Kier alpha value is -3.74. The number of non-ortho nitro benzene ring substituents is 1. The zero-order valence-corrected chi connectivity index (χ0v) is 12.8. The first-order chi connectivity index (χ1) is 12.0. The lowest BCUT2D eigenvalue weighted by atomic mass is 10.1. The highest BCUT2D eigenvalue weighted by Gasteiger charge is 2.08. The number of nitrogens with zero attached hydrogens (tertiary/aromatic N) is 2. The van der Waals surface area contributed by atoms with Crippen LogP contribution >= 0.6 is 0 Å². The lowest BCUT2D eigenvalue weighted by Gasteiger charge is -1.97. The molecule has 1 N–H and O–H groups in total. The minimum Gasteiger partial charge on any atom is -0.478 e. The molecule has 3 rings (SSSR count). The van der Waals surface area contributed by atoms with E-state index in [1.54, 1.807) is 36.4 Å². The van der Waals surface area contributed by atoms with E-state index in [9.17, 15) is 14.9 Å². The number of aliphatic imine (C=N–C) groups is 1. The van der Waals surface area contributed by atoms with Crippen molar-refractivity contribution in [1.29, 1.82) is 0 Å². The summed E-state index contributed by atoms with van der Waals surface area (Å²) < 4.78 is 5.64. The summed E-state index contributed by atoms with van der Waals surface area (Å²) in [5, 5.41) is 19.5. The second-order valence-electron chi connectivity index (χ2n) is 5.12. The summed E-state index contributed by atoms with van der Waals surface area (Å²) in [5.41, 5.74) is 1.52. The monoisotopic (exact) mass is 336 g/mol. The topological polar surface area (TPSA) is 106 Å². The normalized spacial score (nSPS) is 10.9. The molecule has 25 heavy (non-hydrogen) atoms. The molecule has 1 aromatic heterocycles. The quantitative estimate of drug-likeness (QED) is 0.424. The molecule has 0 aliphatic carbocycles. The Labute approximate surface area is 142 Å². The van der Waals surface area contributed by atoms with Crippen molar-refractivity contribution in [2.24, 2.45) is 4.99 Å². The van der Waals surface area contributed by atoms with Crippen molar-refractivity contribution in [3.8, 4) is 11.3 Å². The molecule has 0 atom stereocenters. The number of nitro benzene ring substituents is 1. The number of benzene rings is 2. The van der Waals surface area contributed by atoms with E-state index in [0.29, 0.717) is 17.2 Å². The van der Waals surface area contributed by atoms with Gasteiger partial charge in [0, 0.05) is 17.7 Å². The number of nitro groups is 1. The second kappa shape index (κ2) is 6.79. The maximum Gasteiger partial charge on any atom is 0.335 e. The van der Waals surface area contributed by atoms with E-state index in [-0.39, 0.29) is 11.3 Å². The van der Waals surface area contributed by atoms with Gasteiger partial charge in [-0.05, 0) is 48.5 Å².